The number of aromatic nitrogens is 2. The molecule has 1 aromatic heterocycles. The van der Waals surface area contributed by atoms with Gasteiger partial charge in [0.25, 0.3) is 0 Å². The van der Waals surface area contributed by atoms with E-state index in [1.807, 2.05) is 0 Å². The van der Waals surface area contributed by atoms with Gasteiger partial charge < -0.3 is 9.67 Å². The Balaban J connectivity index is 1.61. The average molecular weight is 432 g/mol. The fourth-order valence-electron chi connectivity index (χ4n) is 4.30. The van der Waals surface area contributed by atoms with Crippen LogP contribution >= 0.6 is 15.9 Å². The second kappa shape index (κ2) is 7.03. The fraction of sp³-hybridized carbons (Fsp3) is 0.524. The highest BCUT2D eigenvalue weighted by atomic mass is 79.9. The number of aliphatic hydroxyl groups is 1. The van der Waals surface area contributed by atoms with Crippen LogP contribution in [0.15, 0.2) is 28.9 Å². The van der Waals surface area contributed by atoms with Crippen molar-refractivity contribution < 1.29 is 9.50 Å². The second-order valence-corrected chi connectivity index (χ2v) is 8.73. The first-order valence-corrected chi connectivity index (χ1v) is 10.3. The lowest BCUT2D eigenvalue weighted by Crippen LogP contribution is -2.43. The number of nitriles is 1. The zero-order chi connectivity index (χ0) is 19.2. The molecule has 1 heterocycles. The van der Waals surface area contributed by atoms with Gasteiger partial charge in [-0.15, -0.1) is 0 Å². The van der Waals surface area contributed by atoms with Crippen molar-refractivity contribution in [1.29, 1.82) is 5.26 Å². The van der Waals surface area contributed by atoms with Crippen LogP contribution in [0.1, 0.15) is 55.1 Å². The lowest BCUT2D eigenvalue weighted by molar-refractivity contribution is 0.0602. The van der Waals surface area contributed by atoms with E-state index in [4.69, 9.17) is 4.98 Å². The van der Waals surface area contributed by atoms with Crippen LogP contribution in [0.25, 0.3) is 0 Å². The Morgan fingerprint density at radius 1 is 1.33 bits per heavy atom. The number of nitrogens with zero attached hydrogens (tertiary/aromatic N) is 3. The predicted octanol–water partition coefficient (Wildman–Crippen LogP) is 4.59. The molecule has 6 heteroatoms. The van der Waals surface area contributed by atoms with Crippen LogP contribution in [-0.4, -0.2) is 20.8 Å². The summed E-state index contributed by atoms with van der Waals surface area (Å²) in [6.07, 6.45) is 3.52. The van der Waals surface area contributed by atoms with Gasteiger partial charge in [-0.2, -0.15) is 5.26 Å². The van der Waals surface area contributed by atoms with Crippen LogP contribution in [0.4, 0.5) is 4.39 Å². The molecular formula is C21H23BrFN3O. The monoisotopic (exact) mass is 431 g/mol. The van der Waals surface area contributed by atoms with Gasteiger partial charge in [0.05, 0.1) is 12.2 Å². The lowest BCUT2D eigenvalue weighted by atomic mass is 9.65. The molecule has 3 atom stereocenters. The van der Waals surface area contributed by atoms with Crippen LogP contribution < -0.4 is 0 Å². The Morgan fingerprint density at radius 3 is 2.63 bits per heavy atom. The Morgan fingerprint density at radius 2 is 2.04 bits per heavy atom. The van der Waals surface area contributed by atoms with E-state index in [1.165, 1.54) is 25.0 Å². The van der Waals surface area contributed by atoms with Gasteiger partial charge in [0.2, 0.25) is 0 Å². The van der Waals surface area contributed by atoms with E-state index in [9.17, 15) is 14.8 Å². The molecule has 2 aromatic rings. The number of rotatable bonds is 4. The molecule has 1 aromatic carbocycles. The minimum atomic E-state index is -0.982. The molecule has 2 saturated carbocycles. The van der Waals surface area contributed by atoms with E-state index in [0.29, 0.717) is 18.4 Å². The molecule has 2 fully saturated rings. The Hall–Kier alpha value is -1.71. The van der Waals surface area contributed by atoms with Gasteiger partial charge in [0.15, 0.2) is 0 Å². The maximum atomic E-state index is 13.3. The summed E-state index contributed by atoms with van der Waals surface area (Å²) in [5.74, 6) is 1.52. The third kappa shape index (κ3) is 3.32. The van der Waals surface area contributed by atoms with E-state index in [2.05, 4.69) is 33.5 Å². The number of aliphatic hydroxyl groups excluding tert-OH is 1. The van der Waals surface area contributed by atoms with E-state index in [0.717, 1.165) is 35.0 Å². The summed E-state index contributed by atoms with van der Waals surface area (Å²) in [6, 6.07) is 8.30. The highest BCUT2D eigenvalue weighted by Gasteiger charge is 2.46. The molecule has 3 unspecified atom stereocenters. The number of imidazole rings is 1. The van der Waals surface area contributed by atoms with Crippen molar-refractivity contribution in [3.8, 4) is 6.07 Å². The molecule has 0 aliphatic heterocycles. The standard InChI is InChI=1S/C21H23BrFN3O/c1-13-19(22)25-20(26(13)11-14-2-3-14)15-8-9-21(12-24,18(27)10-15)16-4-6-17(23)7-5-16/h4-7,14-15,18,27H,2-3,8-11H2,1H3. The number of halogens is 2. The van der Waals surface area contributed by atoms with Gasteiger partial charge in [-0.25, -0.2) is 9.37 Å². The maximum absolute atomic E-state index is 13.3. The molecule has 0 bridgehead atoms. The van der Waals surface area contributed by atoms with Crippen LogP contribution in [0.5, 0.6) is 0 Å². The maximum Gasteiger partial charge on any atom is 0.127 e. The molecule has 4 nitrogen and oxygen atoms in total. The third-order valence-corrected chi connectivity index (χ3v) is 6.97. The molecule has 0 radical (unpaired) electrons. The lowest BCUT2D eigenvalue weighted by Gasteiger charge is -2.39. The van der Waals surface area contributed by atoms with Gasteiger partial charge in [-0.3, -0.25) is 0 Å². The first-order chi connectivity index (χ1) is 12.9. The summed E-state index contributed by atoms with van der Waals surface area (Å²) in [4.78, 5) is 4.74. The van der Waals surface area contributed by atoms with E-state index < -0.39 is 11.5 Å². The molecule has 0 saturated heterocycles. The molecule has 2 aliphatic carbocycles. The average Bonchev–Trinajstić information content (AvgIpc) is 3.44. The van der Waals surface area contributed by atoms with Crippen molar-refractivity contribution >= 4 is 15.9 Å². The van der Waals surface area contributed by atoms with Crippen LogP contribution in [0.3, 0.4) is 0 Å². The van der Waals surface area contributed by atoms with Gasteiger partial charge in [0.1, 0.15) is 21.7 Å². The highest BCUT2D eigenvalue weighted by Crippen LogP contribution is 2.45. The largest absolute Gasteiger partial charge is 0.391 e. The molecule has 0 amide bonds. The SMILES string of the molecule is Cc1c(Br)nc(C2CCC(C#N)(c3ccc(F)cc3)C(O)C2)n1CC1CC1. The summed E-state index contributed by atoms with van der Waals surface area (Å²) in [5, 5.41) is 20.9. The minimum absolute atomic E-state index is 0.116. The van der Waals surface area contributed by atoms with Gasteiger partial charge >= 0.3 is 0 Å². The van der Waals surface area contributed by atoms with E-state index in [1.54, 1.807) is 12.1 Å². The topological polar surface area (TPSA) is 61.8 Å². The van der Waals surface area contributed by atoms with Crippen molar-refractivity contribution in [2.24, 2.45) is 5.92 Å². The normalized spacial score (nSPS) is 28.1. The van der Waals surface area contributed by atoms with Crippen LogP contribution in [0.2, 0.25) is 0 Å². The van der Waals surface area contributed by atoms with Crippen molar-refractivity contribution in [1.82, 2.24) is 9.55 Å². The van der Waals surface area contributed by atoms with Crippen molar-refractivity contribution in [3.05, 3.63) is 51.8 Å². The summed E-state index contributed by atoms with van der Waals surface area (Å²) >= 11 is 3.56. The molecule has 1 N–H and O–H groups in total. The van der Waals surface area contributed by atoms with Gasteiger partial charge in [-0.05, 0) is 78.6 Å². The Kier molecular flexibility index (Phi) is 4.85. The molecule has 0 spiro atoms. The molecular weight excluding hydrogens is 409 g/mol. The zero-order valence-corrected chi connectivity index (χ0v) is 16.9. The molecule has 4 rings (SSSR count). The van der Waals surface area contributed by atoms with E-state index in [-0.39, 0.29) is 11.7 Å². The number of benzene rings is 1. The van der Waals surface area contributed by atoms with Crippen molar-refractivity contribution in [2.75, 3.05) is 0 Å². The minimum Gasteiger partial charge on any atom is -0.391 e. The Labute approximate surface area is 167 Å². The third-order valence-electron chi connectivity index (χ3n) is 6.22. The number of hydrogen-bond acceptors (Lipinski definition) is 3. The first kappa shape index (κ1) is 18.6. The summed E-state index contributed by atoms with van der Waals surface area (Å²) < 4.78 is 16.4. The van der Waals surface area contributed by atoms with Crippen molar-refractivity contribution in [2.45, 2.75) is 63.0 Å². The van der Waals surface area contributed by atoms with Gasteiger partial charge in [-0.1, -0.05) is 12.1 Å². The molecule has 142 valence electrons. The zero-order valence-electron chi connectivity index (χ0n) is 15.3. The quantitative estimate of drug-likeness (QED) is 0.769. The fourth-order valence-corrected chi connectivity index (χ4v) is 4.69. The highest BCUT2D eigenvalue weighted by molar-refractivity contribution is 9.10. The number of hydrogen-bond donors (Lipinski definition) is 1. The summed E-state index contributed by atoms with van der Waals surface area (Å²) in [6.45, 7) is 3.05. The summed E-state index contributed by atoms with van der Waals surface area (Å²) in [7, 11) is 0. The Bertz CT molecular complexity index is 884. The molecule has 2 aliphatic rings. The predicted molar refractivity (Wildman–Crippen MR) is 104 cm³/mol. The van der Waals surface area contributed by atoms with Crippen molar-refractivity contribution in [3.63, 3.8) is 0 Å². The van der Waals surface area contributed by atoms with Crippen LogP contribution in [-0.2, 0) is 12.0 Å². The van der Waals surface area contributed by atoms with Gasteiger partial charge in [0, 0.05) is 18.2 Å². The second-order valence-electron chi connectivity index (χ2n) is 7.98. The van der Waals surface area contributed by atoms with E-state index >= 15 is 0 Å². The molecule has 27 heavy (non-hydrogen) atoms. The smallest absolute Gasteiger partial charge is 0.127 e. The van der Waals surface area contributed by atoms with Crippen LogP contribution in [0, 0.1) is 30.0 Å². The first-order valence-electron chi connectivity index (χ1n) is 9.52. The summed E-state index contributed by atoms with van der Waals surface area (Å²) in [5.41, 5.74) is 0.836.